The molecule has 0 spiro atoms. The molecule has 0 aromatic heterocycles. The molecule has 0 fully saturated rings. The minimum Gasteiger partial charge on any atom is -0.293 e. The average molecular weight is 333 g/mol. The molecule has 102 valence electrons. The first-order valence-electron chi connectivity index (χ1n) is 6.74. The second kappa shape index (κ2) is 5.49. The van der Waals surface area contributed by atoms with Crippen molar-refractivity contribution in [1.82, 2.24) is 0 Å². The van der Waals surface area contributed by atoms with Crippen molar-refractivity contribution < 1.29 is 9.18 Å². The van der Waals surface area contributed by atoms with Crippen LogP contribution in [0.2, 0.25) is 0 Å². The van der Waals surface area contributed by atoms with Crippen molar-refractivity contribution in [1.29, 1.82) is 0 Å². The van der Waals surface area contributed by atoms with E-state index < -0.39 is 5.82 Å². The number of benzene rings is 2. The number of hydrogen-bond acceptors (Lipinski definition) is 1. The van der Waals surface area contributed by atoms with Crippen LogP contribution in [-0.2, 0) is 6.42 Å². The minimum atomic E-state index is -0.443. The van der Waals surface area contributed by atoms with E-state index in [9.17, 15) is 9.18 Å². The van der Waals surface area contributed by atoms with Crippen LogP contribution in [0.15, 0.2) is 46.9 Å². The molecule has 0 aliphatic heterocycles. The standard InChI is InChI=1S/C17H14BrFO/c18-12-8-9-16(19)15(10-12)17(20)14-7-3-5-11-4-1-2-6-13(11)14/h1-2,4,6,8-10,14H,3,5,7H2. The van der Waals surface area contributed by atoms with Gasteiger partial charge in [0.1, 0.15) is 5.82 Å². The lowest BCUT2D eigenvalue weighted by Crippen LogP contribution is -2.19. The highest BCUT2D eigenvalue weighted by Crippen LogP contribution is 2.34. The monoisotopic (exact) mass is 332 g/mol. The summed E-state index contributed by atoms with van der Waals surface area (Å²) >= 11 is 3.30. The van der Waals surface area contributed by atoms with Crippen LogP contribution < -0.4 is 0 Å². The van der Waals surface area contributed by atoms with Gasteiger partial charge in [-0.25, -0.2) is 4.39 Å². The molecule has 1 atom stereocenters. The lowest BCUT2D eigenvalue weighted by Gasteiger charge is -2.24. The maximum atomic E-state index is 13.9. The third kappa shape index (κ3) is 2.42. The molecule has 3 rings (SSSR count). The van der Waals surface area contributed by atoms with Crippen molar-refractivity contribution in [3.8, 4) is 0 Å². The molecule has 0 amide bonds. The summed E-state index contributed by atoms with van der Waals surface area (Å²) in [5, 5.41) is 0. The van der Waals surface area contributed by atoms with Gasteiger partial charge in [0.25, 0.3) is 0 Å². The van der Waals surface area contributed by atoms with Crippen molar-refractivity contribution >= 4 is 21.7 Å². The Bertz CT molecular complexity index is 666. The second-order valence-electron chi connectivity index (χ2n) is 5.13. The van der Waals surface area contributed by atoms with E-state index in [1.54, 1.807) is 12.1 Å². The Morgan fingerprint density at radius 3 is 2.85 bits per heavy atom. The highest BCUT2D eigenvalue weighted by atomic mass is 79.9. The summed E-state index contributed by atoms with van der Waals surface area (Å²) in [4.78, 5) is 12.7. The van der Waals surface area contributed by atoms with Crippen LogP contribution in [0.3, 0.4) is 0 Å². The van der Waals surface area contributed by atoms with Gasteiger partial charge in [-0.2, -0.15) is 0 Å². The summed E-state index contributed by atoms with van der Waals surface area (Å²) in [7, 11) is 0. The van der Waals surface area contributed by atoms with Crippen LogP contribution in [0.5, 0.6) is 0 Å². The molecule has 0 N–H and O–H groups in total. The lowest BCUT2D eigenvalue weighted by atomic mass is 9.79. The van der Waals surface area contributed by atoms with Gasteiger partial charge in [-0.3, -0.25) is 4.79 Å². The molecule has 20 heavy (non-hydrogen) atoms. The number of halogens is 2. The molecular formula is C17H14BrFO. The predicted molar refractivity (Wildman–Crippen MR) is 80.6 cm³/mol. The number of aryl methyl sites for hydroxylation is 1. The van der Waals surface area contributed by atoms with Crippen molar-refractivity contribution in [2.45, 2.75) is 25.2 Å². The van der Waals surface area contributed by atoms with Gasteiger partial charge in [0, 0.05) is 10.4 Å². The summed E-state index contributed by atoms with van der Waals surface area (Å²) in [6.07, 6.45) is 2.77. The zero-order chi connectivity index (χ0) is 14.1. The maximum Gasteiger partial charge on any atom is 0.173 e. The van der Waals surface area contributed by atoms with E-state index >= 15 is 0 Å². The van der Waals surface area contributed by atoms with E-state index in [1.807, 2.05) is 18.2 Å². The number of ketones is 1. The first-order chi connectivity index (χ1) is 9.66. The summed E-state index contributed by atoms with van der Waals surface area (Å²) in [5.41, 5.74) is 2.46. The van der Waals surface area contributed by atoms with E-state index in [0.29, 0.717) is 0 Å². The second-order valence-corrected chi connectivity index (χ2v) is 6.05. The lowest BCUT2D eigenvalue weighted by molar-refractivity contribution is 0.0947. The van der Waals surface area contributed by atoms with Gasteiger partial charge in [0.2, 0.25) is 0 Å². The summed E-state index contributed by atoms with van der Waals surface area (Å²) in [6, 6.07) is 12.5. The number of rotatable bonds is 2. The third-order valence-electron chi connectivity index (χ3n) is 3.88. The Balaban J connectivity index is 2.02. The maximum absolute atomic E-state index is 13.9. The molecule has 2 aromatic rings. The van der Waals surface area contributed by atoms with E-state index in [4.69, 9.17) is 0 Å². The van der Waals surface area contributed by atoms with Gasteiger partial charge in [0.15, 0.2) is 5.78 Å². The predicted octanol–water partition coefficient (Wildman–Crippen LogP) is 4.89. The fourth-order valence-corrected chi connectivity index (χ4v) is 3.26. The van der Waals surface area contributed by atoms with Crippen molar-refractivity contribution in [2.24, 2.45) is 0 Å². The van der Waals surface area contributed by atoms with E-state index in [-0.39, 0.29) is 17.3 Å². The molecule has 0 bridgehead atoms. The molecule has 1 aliphatic rings. The van der Waals surface area contributed by atoms with Crippen LogP contribution in [0, 0.1) is 5.82 Å². The summed E-state index contributed by atoms with van der Waals surface area (Å²) < 4.78 is 14.6. The average Bonchev–Trinajstić information content (AvgIpc) is 2.48. The first kappa shape index (κ1) is 13.5. The molecule has 0 saturated carbocycles. The van der Waals surface area contributed by atoms with Crippen LogP contribution in [0.1, 0.15) is 40.2 Å². The molecule has 2 aromatic carbocycles. The molecule has 0 heterocycles. The zero-order valence-corrected chi connectivity index (χ0v) is 12.5. The Kier molecular flexibility index (Phi) is 3.70. The van der Waals surface area contributed by atoms with Crippen molar-refractivity contribution in [3.63, 3.8) is 0 Å². The third-order valence-corrected chi connectivity index (χ3v) is 4.37. The molecule has 0 saturated heterocycles. The minimum absolute atomic E-state index is 0.115. The van der Waals surface area contributed by atoms with Gasteiger partial charge < -0.3 is 0 Å². The molecule has 0 radical (unpaired) electrons. The number of fused-ring (bicyclic) bond motifs is 1. The van der Waals surface area contributed by atoms with Crippen LogP contribution in [-0.4, -0.2) is 5.78 Å². The van der Waals surface area contributed by atoms with Crippen LogP contribution in [0.4, 0.5) is 4.39 Å². The number of Topliss-reactive ketones (excluding diaryl/α,β-unsaturated/α-hetero) is 1. The van der Waals surface area contributed by atoms with E-state index in [0.717, 1.165) is 29.3 Å². The fraction of sp³-hybridized carbons (Fsp3) is 0.235. The molecule has 1 aliphatic carbocycles. The van der Waals surface area contributed by atoms with E-state index in [1.165, 1.54) is 11.6 Å². The SMILES string of the molecule is O=C(c1cc(Br)ccc1F)C1CCCc2ccccc21. The molecular weight excluding hydrogens is 319 g/mol. The van der Waals surface area contributed by atoms with Crippen LogP contribution in [0.25, 0.3) is 0 Å². The molecule has 3 heteroatoms. The Morgan fingerprint density at radius 1 is 1.20 bits per heavy atom. The quantitative estimate of drug-likeness (QED) is 0.715. The molecule has 1 nitrogen and oxygen atoms in total. The number of hydrogen-bond donors (Lipinski definition) is 0. The van der Waals surface area contributed by atoms with Gasteiger partial charge in [0.05, 0.1) is 5.56 Å². The van der Waals surface area contributed by atoms with Crippen molar-refractivity contribution in [2.75, 3.05) is 0 Å². The Hall–Kier alpha value is -1.48. The Labute approximate surface area is 126 Å². The Morgan fingerprint density at radius 2 is 2.00 bits per heavy atom. The first-order valence-corrected chi connectivity index (χ1v) is 7.53. The van der Waals surface area contributed by atoms with E-state index in [2.05, 4.69) is 22.0 Å². The molecule has 1 unspecified atom stereocenters. The topological polar surface area (TPSA) is 17.1 Å². The number of carbonyl (C=O) groups excluding carboxylic acids is 1. The van der Waals surface area contributed by atoms with Gasteiger partial charge in [-0.15, -0.1) is 0 Å². The highest BCUT2D eigenvalue weighted by Gasteiger charge is 2.28. The normalized spacial score (nSPS) is 17.6. The highest BCUT2D eigenvalue weighted by molar-refractivity contribution is 9.10. The smallest absolute Gasteiger partial charge is 0.173 e. The fourth-order valence-electron chi connectivity index (χ4n) is 2.90. The van der Waals surface area contributed by atoms with Gasteiger partial charge in [-0.1, -0.05) is 40.2 Å². The van der Waals surface area contributed by atoms with Gasteiger partial charge in [-0.05, 0) is 48.6 Å². The summed E-state index contributed by atoms with van der Waals surface area (Å²) in [6.45, 7) is 0. The van der Waals surface area contributed by atoms with Gasteiger partial charge >= 0.3 is 0 Å². The summed E-state index contributed by atoms with van der Waals surface area (Å²) in [5.74, 6) is -0.777. The van der Waals surface area contributed by atoms with Crippen molar-refractivity contribution in [3.05, 3.63) is 69.4 Å². The van der Waals surface area contributed by atoms with Crippen LogP contribution >= 0.6 is 15.9 Å². The largest absolute Gasteiger partial charge is 0.293 e. The zero-order valence-electron chi connectivity index (χ0n) is 10.9. The number of carbonyl (C=O) groups is 1.